The molecule has 1 aliphatic rings. The van der Waals surface area contributed by atoms with Crippen molar-refractivity contribution in [2.45, 2.75) is 58.4 Å². The molecule has 0 bridgehead atoms. The third-order valence-electron chi connectivity index (χ3n) is 3.68. The lowest BCUT2D eigenvalue weighted by molar-refractivity contribution is 0.228. The van der Waals surface area contributed by atoms with Gasteiger partial charge in [0.15, 0.2) is 0 Å². The first kappa shape index (κ1) is 13.0. The van der Waals surface area contributed by atoms with Gasteiger partial charge in [-0.2, -0.15) is 0 Å². The zero-order chi connectivity index (χ0) is 11.1. The molecule has 0 radical (unpaired) electrons. The first-order valence-electron chi connectivity index (χ1n) is 6.58. The Morgan fingerprint density at radius 1 is 1.27 bits per heavy atom. The van der Waals surface area contributed by atoms with Crippen LogP contribution in [0.1, 0.15) is 52.4 Å². The molecule has 0 aliphatic heterocycles. The molecular formula is C13H27NO. The third kappa shape index (κ3) is 4.98. The average Bonchev–Trinajstić information content (AvgIpc) is 2.25. The van der Waals surface area contributed by atoms with Gasteiger partial charge in [0.25, 0.3) is 0 Å². The van der Waals surface area contributed by atoms with Crippen molar-refractivity contribution in [1.82, 2.24) is 5.32 Å². The van der Waals surface area contributed by atoms with E-state index in [1.165, 1.54) is 25.7 Å². The third-order valence-corrected chi connectivity index (χ3v) is 3.68. The highest BCUT2D eigenvalue weighted by Crippen LogP contribution is 2.29. The van der Waals surface area contributed by atoms with Gasteiger partial charge in [-0.25, -0.2) is 0 Å². The van der Waals surface area contributed by atoms with Gasteiger partial charge in [0.2, 0.25) is 0 Å². The molecule has 1 saturated carbocycles. The Bertz CT molecular complexity index is 159. The van der Waals surface area contributed by atoms with Crippen LogP contribution in [0.4, 0.5) is 0 Å². The minimum Gasteiger partial charge on any atom is -0.396 e. The summed E-state index contributed by atoms with van der Waals surface area (Å²) in [6.07, 6.45) is 7.57. The average molecular weight is 213 g/mol. The number of rotatable bonds is 6. The van der Waals surface area contributed by atoms with Gasteiger partial charge in [0, 0.05) is 12.6 Å². The smallest absolute Gasteiger partial charge is 0.0431 e. The number of nitrogens with one attached hydrogen (secondary N) is 1. The van der Waals surface area contributed by atoms with Crippen LogP contribution in [0.2, 0.25) is 0 Å². The summed E-state index contributed by atoms with van der Waals surface area (Å²) in [5, 5.41) is 12.3. The predicted molar refractivity (Wildman–Crippen MR) is 64.9 cm³/mol. The van der Waals surface area contributed by atoms with Gasteiger partial charge < -0.3 is 10.4 Å². The van der Waals surface area contributed by atoms with Crippen LogP contribution in [-0.2, 0) is 0 Å². The zero-order valence-corrected chi connectivity index (χ0v) is 10.3. The Morgan fingerprint density at radius 2 is 2.07 bits per heavy atom. The molecule has 2 atom stereocenters. The van der Waals surface area contributed by atoms with E-state index in [0.29, 0.717) is 6.61 Å². The Kier molecular flexibility index (Phi) is 6.26. The van der Waals surface area contributed by atoms with Crippen LogP contribution < -0.4 is 5.32 Å². The summed E-state index contributed by atoms with van der Waals surface area (Å²) >= 11 is 0. The second kappa shape index (κ2) is 7.24. The Morgan fingerprint density at radius 3 is 2.73 bits per heavy atom. The minimum atomic E-state index is 0.334. The molecule has 0 amide bonds. The summed E-state index contributed by atoms with van der Waals surface area (Å²) in [7, 11) is 0. The molecule has 0 saturated heterocycles. The van der Waals surface area contributed by atoms with Crippen molar-refractivity contribution in [2.24, 2.45) is 11.8 Å². The monoisotopic (exact) mass is 213 g/mol. The largest absolute Gasteiger partial charge is 0.396 e. The van der Waals surface area contributed by atoms with E-state index < -0.39 is 0 Å². The molecule has 2 unspecified atom stereocenters. The van der Waals surface area contributed by atoms with E-state index in [2.05, 4.69) is 19.2 Å². The van der Waals surface area contributed by atoms with E-state index >= 15 is 0 Å². The number of hydrogen-bond donors (Lipinski definition) is 2. The van der Waals surface area contributed by atoms with Gasteiger partial charge in [0.1, 0.15) is 0 Å². The summed E-state index contributed by atoms with van der Waals surface area (Å²) in [6.45, 7) is 6.11. The van der Waals surface area contributed by atoms with Crippen molar-refractivity contribution in [3.8, 4) is 0 Å². The lowest BCUT2D eigenvalue weighted by atomic mass is 9.79. The Balaban J connectivity index is 2.13. The van der Waals surface area contributed by atoms with E-state index in [4.69, 9.17) is 5.11 Å². The maximum atomic E-state index is 8.69. The van der Waals surface area contributed by atoms with Crippen molar-refractivity contribution in [1.29, 1.82) is 0 Å². The molecule has 0 heterocycles. The quantitative estimate of drug-likeness (QED) is 0.665. The van der Waals surface area contributed by atoms with Crippen molar-refractivity contribution < 1.29 is 5.11 Å². The molecule has 2 nitrogen and oxygen atoms in total. The molecule has 15 heavy (non-hydrogen) atoms. The molecule has 0 spiro atoms. The summed E-state index contributed by atoms with van der Waals surface area (Å²) in [6, 6.07) is 0.741. The summed E-state index contributed by atoms with van der Waals surface area (Å²) < 4.78 is 0. The van der Waals surface area contributed by atoms with Crippen molar-refractivity contribution in [3.05, 3.63) is 0 Å². The van der Waals surface area contributed by atoms with E-state index in [9.17, 15) is 0 Å². The van der Waals surface area contributed by atoms with Gasteiger partial charge in [-0.05, 0) is 44.1 Å². The van der Waals surface area contributed by atoms with Gasteiger partial charge in [-0.1, -0.05) is 26.7 Å². The van der Waals surface area contributed by atoms with Gasteiger partial charge in [-0.15, -0.1) is 0 Å². The fourth-order valence-electron chi connectivity index (χ4n) is 2.56. The highest BCUT2D eigenvalue weighted by atomic mass is 16.2. The maximum Gasteiger partial charge on any atom is 0.0431 e. The van der Waals surface area contributed by atoms with Crippen molar-refractivity contribution >= 4 is 0 Å². The molecular weight excluding hydrogens is 186 g/mol. The minimum absolute atomic E-state index is 0.334. The molecule has 90 valence electrons. The molecule has 0 aromatic carbocycles. The highest BCUT2D eigenvalue weighted by Gasteiger charge is 2.23. The van der Waals surface area contributed by atoms with Crippen LogP contribution in [0.5, 0.6) is 0 Å². The molecule has 2 N–H and O–H groups in total. The molecule has 1 aliphatic carbocycles. The first-order valence-corrected chi connectivity index (χ1v) is 6.58. The molecule has 0 aromatic heterocycles. The maximum absolute atomic E-state index is 8.69. The van der Waals surface area contributed by atoms with E-state index in [-0.39, 0.29) is 0 Å². The van der Waals surface area contributed by atoms with Crippen LogP contribution in [-0.4, -0.2) is 24.3 Å². The lowest BCUT2D eigenvalue weighted by Crippen LogP contribution is -2.36. The standard InChI is InChI=1S/C13H27NO/c1-11(2)12-6-5-7-13(10-12)14-8-3-4-9-15/h11-15H,3-10H2,1-2H3. The molecule has 0 aromatic rings. The predicted octanol–water partition coefficient (Wildman–Crippen LogP) is 2.56. The van der Waals surface area contributed by atoms with Gasteiger partial charge in [0.05, 0.1) is 0 Å². The fraction of sp³-hybridized carbons (Fsp3) is 1.00. The van der Waals surface area contributed by atoms with Crippen LogP contribution in [0.15, 0.2) is 0 Å². The number of unbranched alkanes of at least 4 members (excludes halogenated alkanes) is 1. The van der Waals surface area contributed by atoms with E-state index in [0.717, 1.165) is 37.3 Å². The van der Waals surface area contributed by atoms with Crippen LogP contribution in [0.3, 0.4) is 0 Å². The second-order valence-corrected chi connectivity index (χ2v) is 5.25. The van der Waals surface area contributed by atoms with Crippen LogP contribution in [0.25, 0.3) is 0 Å². The SMILES string of the molecule is CC(C)C1CCCC(NCCCCO)C1. The molecule has 1 rings (SSSR count). The normalized spacial score (nSPS) is 27.2. The van der Waals surface area contributed by atoms with E-state index in [1.807, 2.05) is 0 Å². The summed E-state index contributed by atoms with van der Waals surface area (Å²) in [5.41, 5.74) is 0. The molecule has 2 heteroatoms. The number of aliphatic hydroxyl groups excluding tert-OH is 1. The topological polar surface area (TPSA) is 32.3 Å². The van der Waals surface area contributed by atoms with Crippen LogP contribution in [0, 0.1) is 11.8 Å². The Hall–Kier alpha value is -0.0800. The lowest BCUT2D eigenvalue weighted by Gasteiger charge is -2.32. The van der Waals surface area contributed by atoms with E-state index in [1.54, 1.807) is 0 Å². The number of hydrogen-bond acceptors (Lipinski definition) is 2. The molecule has 1 fully saturated rings. The number of aliphatic hydroxyl groups is 1. The zero-order valence-electron chi connectivity index (χ0n) is 10.3. The first-order chi connectivity index (χ1) is 7.24. The summed E-state index contributed by atoms with van der Waals surface area (Å²) in [4.78, 5) is 0. The summed E-state index contributed by atoms with van der Waals surface area (Å²) in [5.74, 6) is 1.76. The van der Waals surface area contributed by atoms with Crippen molar-refractivity contribution in [2.75, 3.05) is 13.2 Å². The second-order valence-electron chi connectivity index (χ2n) is 5.25. The van der Waals surface area contributed by atoms with Gasteiger partial charge >= 0.3 is 0 Å². The van der Waals surface area contributed by atoms with Crippen molar-refractivity contribution in [3.63, 3.8) is 0 Å². The highest BCUT2D eigenvalue weighted by molar-refractivity contribution is 4.79. The van der Waals surface area contributed by atoms with Crippen LogP contribution >= 0.6 is 0 Å². The fourth-order valence-corrected chi connectivity index (χ4v) is 2.56. The Labute approximate surface area is 94.5 Å². The van der Waals surface area contributed by atoms with Gasteiger partial charge in [-0.3, -0.25) is 0 Å².